The van der Waals surface area contributed by atoms with Crippen molar-refractivity contribution >= 4 is 23.4 Å². The lowest BCUT2D eigenvalue weighted by Crippen LogP contribution is -2.08. The van der Waals surface area contributed by atoms with Crippen molar-refractivity contribution in [3.63, 3.8) is 0 Å². The number of hydrogen-bond donors (Lipinski definition) is 1. The Hall–Kier alpha value is -3.00. The van der Waals surface area contributed by atoms with E-state index in [1.54, 1.807) is 48.3 Å². The molecule has 0 radical (unpaired) electrons. The SMILES string of the molecule is Cc1ncc(Cn2cc(CCOC(=O)c3cccc(Cl)c3)nn2)c(N)n1. The Balaban J connectivity index is 1.53. The van der Waals surface area contributed by atoms with Gasteiger partial charge in [-0.1, -0.05) is 22.9 Å². The molecule has 0 saturated carbocycles. The first-order valence-corrected chi connectivity index (χ1v) is 8.29. The Morgan fingerprint density at radius 2 is 2.23 bits per heavy atom. The number of benzene rings is 1. The number of rotatable bonds is 6. The number of hydrogen-bond acceptors (Lipinski definition) is 7. The fourth-order valence-electron chi connectivity index (χ4n) is 2.29. The molecule has 3 rings (SSSR count). The van der Waals surface area contributed by atoms with Crippen LogP contribution in [-0.4, -0.2) is 37.5 Å². The quantitative estimate of drug-likeness (QED) is 0.659. The van der Waals surface area contributed by atoms with Crippen molar-refractivity contribution in [2.45, 2.75) is 19.9 Å². The molecule has 134 valence electrons. The second kappa shape index (κ2) is 7.92. The van der Waals surface area contributed by atoms with E-state index in [9.17, 15) is 4.79 Å². The topological polar surface area (TPSA) is 109 Å². The minimum absolute atomic E-state index is 0.194. The summed E-state index contributed by atoms with van der Waals surface area (Å²) < 4.78 is 6.87. The molecule has 9 heteroatoms. The van der Waals surface area contributed by atoms with Crippen LogP contribution in [0.3, 0.4) is 0 Å². The maximum atomic E-state index is 11.9. The number of halogens is 1. The lowest BCUT2D eigenvalue weighted by molar-refractivity contribution is 0.0508. The van der Waals surface area contributed by atoms with Gasteiger partial charge in [-0.2, -0.15) is 0 Å². The van der Waals surface area contributed by atoms with E-state index >= 15 is 0 Å². The molecule has 0 aliphatic heterocycles. The molecule has 0 amide bonds. The van der Waals surface area contributed by atoms with E-state index in [0.29, 0.717) is 40.9 Å². The Labute approximate surface area is 155 Å². The molecule has 0 saturated heterocycles. The van der Waals surface area contributed by atoms with Crippen LogP contribution in [0.1, 0.15) is 27.4 Å². The third-order valence-electron chi connectivity index (χ3n) is 3.59. The first-order chi connectivity index (χ1) is 12.5. The highest BCUT2D eigenvalue weighted by Gasteiger charge is 2.09. The molecule has 0 bridgehead atoms. The van der Waals surface area contributed by atoms with E-state index in [1.807, 2.05) is 0 Å². The Kier molecular flexibility index (Phi) is 5.43. The molecule has 0 aliphatic rings. The number of nitrogens with two attached hydrogens (primary N) is 1. The standard InChI is InChI=1S/C17H17ClN6O2/c1-11-20-8-13(16(19)21-11)9-24-10-15(22-23-24)5-6-26-17(25)12-3-2-4-14(18)7-12/h2-4,7-8,10H,5-6,9H2,1H3,(H2,19,20,21). The van der Waals surface area contributed by atoms with Crippen LogP contribution in [0.2, 0.25) is 5.02 Å². The summed E-state index contributed by atoms with van der Waals surface area (Å²) in [7, 11) is 0. The zero-order valence-electron chi connectivity index (χ0n) is 14.1. The van der Waals surface area contributed by atoms with E-state index in [2.05, 4.69) is 20.3 Å². The highest BCUT2D eigenvalue weighted by Crippen LogP contribution is 2.12. The first kappa shape index (κ1) is 17.8. The van der Waals surface area contributed by atoms with Crippen LogP contribution in [0, 0.1) is 6.92 Å². The Morgan fingerprint density at radius 1 is 1.38 bits per heavy atom. The van der Waals surface area contributed by atoms with Crippen molar-refractivity contribution in [2.24, 2.45) is 0 Å². The number of ether oxygens (including phenoxy) is 1. The Morgan fingerprint density at radius 3 is 3.00 bits per heavy atom. The predicted molar refractivity (Wildman–Crippen MR) is 95.7 cm³/mol. The highest BCUT2D eigenvalue weighted by molar-refractivity contribution is 6.30. The van der Waals surface area contributed by atoms with Gasteiger partial charge < -0.3 is 10.5 Å². The van der Waals surface area contributed by atoms with Gasteiger partial charge in [0.1, 0.15) is 11.6 Å². The van der Waals surface area contributed by atoms with Crippen LogP contribution in [0.5, 0.6) is 0 Å². The molecule has 0 unspecified atom stereocenters. The summed E-state index contributed by atoms with van der Waals surface area (Å²) in [6.07, 6.45) is 3.89. The van der Waals surface area contributed by atoms with E-state index < -0.39 is 5.97 Å². The molecule has 0 fully saturated rings. The van der Waals surface area contributed by atoms with Gasteiger partial charge >= 0.3 is 5.97 Å². The molecule has 1 aromatic carbocycles. The summed E-state index contributed by atoms with van der Waals surface area (Å²) in [5.74, 6) is 0.613. The fraction of sp³-hybridized carbons (Fsp3) is 0.235. The average molecular weight is 373 g/mol. The summed E-state index contributed by atoms with van der Waals surface area (Å²) in [6, 6.07) is 6.61. The van der Waals surface area contributed by atoms with Gasteiger partial charge in [-0.15, -0.1) is 5.10 Å². The lowest BCUT2D eigenvalue weighted by Gasteiger charge is -2.04. The van der Waals surface area contributed by atoms with Crippen molar-refractivity contribution in [2.75, 3.05) is 12.3 Å². The number of aryl methyl sites for hydroxylation is 1. The van der Waals surface area contributed by atoms with Crippen LogP contribution in [0.15, 0.2) is 36.7 Å². The number of anilines is 1. The second-order valence-electron chi connectivity index (χ2n) is 5.63. The first-order valence-electron chi connectivity index (χ1n) is 7.91. The Bertz CT molecular complexity index is 927. The number of esters is 1. The van der Waals surface area contributed by atoms with Gasteiger partial charge in [0.25, 0.3) is 0 Å². The van der Waals surface area contributed by atoms with Crippen LogP contribution in [0.4, 0.5) is 5.82 Å². The summed E-state index contributed by atoms with van der Waals surface area (Å²) in [5.41, 5.74) is 7.76. The van der Waals surface area contributed by atoms with Crippen molar-refractivity contribution in [3.8, 4) is 0 Å². The largest absolute Gasteiger partial charge is 0.462 e. The maximum Gasteiger partial charge on any atom is 0.338 e. The molecule has 2 aromatic heterocycles. The number of nitrogens with zero attached hydrogens (tertiary/aromatic N) is 5. The zero-order valence-corrected chi connectivity index (χ0v) is 14.8. The summed E-state index contributed by atoms with van der Waals surface area (Å²) in [5, 5.41) is 8.59. The minimum Gasteiger partial charge on any atom is -0.462 e. The maximum absolute atomic E-state index is 11.9. The van der Waals surface area contributed by atoms with Gasteiger partial charge in [-0.05, 0) is 25.1 Å². The molecule has 2 heterocycles. The van der Waals surface area contributed by atoms with Crippen LogP contribution < -0.4 is 5.73 Å². The van der Waals surface area contributed by atoms with Crippen LogP contribution in [-0.2, 0) is 17.7 Å². The number of nitrogen functional groups attached to an aromatic ring is 1. The minimum atomic E-state index is -0.426. The molecule has 0 atom stereocenters. The highest BCUT2D eigenvalue weighted by atomic mass is 35.5. The lowest BCUT2D eigenvalue weighted by atomic mass is 10.2. The molecule has 0 spiro atoms. The molecular formula is C17H17ClN6O2. The van der Waals surface area contributed by atoms with E-state index in [-0.39, 0.29) is 6.61 Å². The smallest absolute Gasteiger partial charge is 0.338 e. The zero-order chi connectivity index (χ0) is 18.5. The van der Waals surface area contributed by atoms with Crippen LogP contribution >= 0.6 is 11.6 Å². The molecule has 0 aliphatic carbocycles. The third-order valence-corrected chi connectivity index (χ3v) is 3.82. The van der Waals surface area contributed by atoms with E-state index in [0.717, 1.165) is 5.56 Å². The fourth-order valence-corrected chi connectivity index (χ4v) is 2.48. The van der Waals surface area contributed by atoms with Gasteiger partial charge in [0.15, 0.2) is 0 Å². The third kappa shape index (κ3) is 4.54. The normalized spacial score (nSPS) is 10.7. The number of carbonyl (C=O) groups excluding carboxylic acids is 1. The van der Waals surface area contributed by atoms with Crippen LogP contribution in [0.25, 0.3) is 0 Å². The summed E-state index contributed by atoms with van der Waals surface area (Å²) in [6.45, 7) is 2.39. The molecule has 26 heavy (non-hydrogen) atoms. The van der Waals surface area contributed by atoms with Crippen molar-refractivity contribution < 1.29 is 9.53 Å². The van der Waals surface area contributed by atoms with Crippen molar-refractivity contribution in [1.29, 1.82) is 0 Å². The van der Waals surface area contributed by atoms with Crippen molar-refractivity contribution in [1.82, 2.24) is 25.0 Å². The monoisotopic (exact) mass is 372 g/mol. The second-order valence-corrected chi connectivity index (χ2v) is 6.07. The van der Waals surface area contributed by atoms with Gasteiger partial charge in [0, 0.05) is 29.4 Å². The van der Waals surface area contributed by atoms with Crippen molar-refractivity contribution in [3.05, 3.63) is 64.3 Å². The summed E-state index contributed by atoms with van der Waals surface area (Å²) in [4.78, 5) is 20.2. The van der Waals surface area contributed by atoms with Gasteiger partial charge in [-0.25, -0.2) is 19.4 Å². The van der Waals surface area contributed by atoms with E-state index in [4.69, 9.17) is 22.1 Å². The average Bonchev–Trinajstić information content (AvgIpc) is 3.05. The molecule has 3 aromatic rings. The number of aromatic nitrogens is 5. The predicted octanol–water partition coefficient (Wildman–Crippen LogP) is 2.06. The number of carbonyl (C=O) groups is 1. The molecular weight excluding hydrogens is 356 g/mol. The van der Waals surface area contributed by atoms with E-state index in [1.165, 1.54) is 0 Å². The summed E-state index contributed by atoms with van der Waals surface area (Å²) >= 11 is 5.86. The molecule has 8 nitrogen and oxygen atoms in total. The van der Waals surface area contributed by atoms with Gasteiger partial charge in [0.05, 0.1) is 24.4 Å². The van der Waals surface area contributed by atoms with Gasteiger partial charge in [0.2, 0.25) is 0 Å². The molecule has 2 N–H and O–H groups in total. The van der Waals surface area contributed by atoms with Gasteiger partial charge in [-0.3, -0.25) is 0 Å².